The molecular formula is C16H25ClN4O2. The van der Waals surface area contributed by atoms with Gasteiger partial charge in [-0.05, 0) is 26.0 Å². The Labute approximate surface area is 142 Å². The van der Waals surface area contributed by atoms with Gasteiger partial charge in [0.2, 0.25) is 5.91 Å². The van der Waals surface area contributed by atoms with Crippen molar-refractivity contribution in [3.8, 4) is 0 Å². The summed E-state index contributed by atoms with van der Waals surface area (Å²) in [7, 11) is 0. The van der Waals surface area contributed by atoms with Crippen molar-refractivity contribution >= 4 is 23.3 Å². The van der Waals surface area contributed by atoms with Crippen LogP contribution in [0.5, 0.6) is 0 Å². The highest BCUT2D eigenvalue weighted by molar-refractivity contribution is 6.30. The highest BCUT2D eigenvalue weighted by Gasteiger charge is 2.24. The van der Waals surface area contributed by atoms with Crippen LogP contribution in [0.25, 0.3) is 0 Å². The third-order valence-corrected chi connectivity index (χ3v) is 4.16. The van der Waals surface area contributed by atoms with Gasteiger partial charge in [0.25, 0.3) is 0 Å². The molecule has 0 saturated carbocycles. The monoisotopic (exact) mass is 340 g/mol. The molecule has 6 nitrogen and oxygen atoms in total. The molecule has 7 heteroatoms. The number of pyridine rings is 1. The molecule has 1 aromatic heterocycles. The average Bonchev–Trinajstić information content (AvgIpc) is 2.52. The van der Waals surface area contributed by atoms with Crippen LogP contribution in [0.3, 0.4) is 0 Å². The topological polar surface area (TPSA) is 57.7 Å². The highest BCUT2D eigenvalue weighted by Crippen LogP contribution is 2.11. The molecular weight excluding hydrogens is 316 g/mol. The van der Waals surface area contributed by atoms with Crippen LogP contribution in [0.4, 0.5) is 5.82 Å². The Morgan fingerprint density at radius 3 is 2.96 bits per heavy atom. The van der Waals surface area contributed by atoms with Crippen LogP contribution in [0, 0.1) is 0 Å². The van der Waals surface area contributed by atoms with E-state index in [1.165, 1.54) is 6.20 Å². The van der Waals surface area contributed by atoms with Crippen molar-refractivity contribution in [2.75, 3.05) is 51.3 Å². The van der Waals surface area contributed by atoms with Gasteiger partial charge in [0.15, 0.2) is 0 Å². The molecule has 0 aromatic carbocycles. The number of ether oxygens (including phenoxy) is 1. The summed E-state index contributed by atoms with van der Waals surface area (Å²) in [5, 5.41) is 3.36. The van der Waals surface area contributed by atoms with Gasteiger partial charge in [-0.1, -0.05) is 11.6 Å². The normalized spacial score (nSPS) is 19.7. The van der Waals surface area contributed by atoms with Crippen molar-refractivity contribution in [2.45, 2.75) is 19.9 Å². The van der Waals surface area contributed by atoms with E-state index in [0.29, 0.717) is 23.4 Å². The van der Waals surface area contributed by atoms with Gasteiger partial charge < -0.3 is 10.1 Å². The first kappa shape index (κ1) is 18.1. The van der Waals surface area contributed by atoms with Gasteiger partial charge >= 0.3 is 0 Å². The molecule has 0 bridgehead atoms. The van der Waals surface area contributed by atoms with Gasteiger partial charge in [-0.2, -0.15) is 0 Å². The van der Waals surface area contributed by atoms with Crippen molar-refractivity contribution in [2.24, 2.45) is 0 Å². The Bertz CT molecular complexity index is 497. The van der Waals surface area contributed by atoms with Crippen molar-refractivity contribution in [1.29, 1.82) is 0 Å². The number of hydrogen-bond acceptors (Lipinski definition) is 5. The summed E-state index contributed by atoms with van der Waals surface area (Å²) in [6.45, 7) is 9.78. The molecule has 1 aromatic rings. The predicted molar refractivity (Wildman–Crippen MR) is 91.8 cm³/mol. The fraction of sp³-hybridized carbons (Fsp3) is 0.625. The lowest BCUT2D eigenvalue weighted by molar-refractivity contribution is -0.118. The lowest BCUT2D eigenvalue weighted by Crippen LogP contribution is -2.54. The van der Waals surface area contributed by atoms with Crippen molar-refractivity contribution in [3.05, 3.63) is 23.4 Å². The van der Waals surface area contributed by atoms with Crippen LogP contribution in [0.2, 0.25) is 5.02 Å². The summed E-state index contributed by atoms with van der Waals surface area (Å²) >= 11 is 5.78. The van der Waals surface area contributed by atoms with E-state index in [0.717, 1.165) is 39.4 Å². The van der Waals surface area contributed by atoms with Crippen molar-refractivity contribution in [3.63, 3.8) is 0 Å². The van der Waals surface area contributed by atoms with Crippen molar-refractivity contribution in [1.82, 2.24) is 14.8 Å². The predicted octanol–water partition coefficient (Wildman–Crippen LogP) is 1.72. The zero-order chi connectivity index (χ0) is 16.7. The number of piperazine rings is 1. The van der Waals surface area contributed by atoms with Crippen LogP contribution in [-0.2, 0) is 9.53 Å². The molecule has 0 aliphatic carbocycles. The van der Waals surface area contributed by atoms with E-state index >= 15 is 0 Å². The van der Waals surface area contributed by atoms with Gasteiger partial charge in [0, 0.05) is 45.0 Å². The van der Waals surface area contributed by atoms with Gasteiger partial charge in [-0.15, -0.1) is 0 Å². The summed E-state index contributed by atoms with van der Waals surface area (Å²) in [5.74, 6) is 0.484. The Morgan fingerprint density at radius 2 is 2.30 bits per heavy atom. The molecule has 1 atom stereocenters. The Balaban J connectivity index is 1.74. The molecule has 2 rings (SSSR count). The first-order chi connectivity index (χ1) is 11.1. The summed E-state index contributed by atoms with van der Waals surface area (Å²) in [6.07, 6.45) is 1.52. The molecule has 0 radical (unpaired) electrons. The number of carbonyl (C=O) groups is 1. The Hall–Kier alpha value is -1.21. The van der Waals surface area contributed by atoms with Gasteiger partial charge in [-0.25, -0.2) is 4.98 Å². The van der Waals surface area contributed by atoms with Crippen LogP contribution in [0.1, 0.15) is 13.8 Å². The second kappa shape index (κ2) is 9.17. The quantitative estimate of drug-likeness (QED) is 0.766. The summed E-state index contributed by atoms with van der Waals surface area (Å²) < 4.78 is 5.42. The molecule has 1 unspecified atom stereocenters. The van der Waals surface area contributed by atoms with Gasteiger partial charge in [-0.3, -0.25) is 14.6 Å². The van der Waals surface area contributed by atoms with Crippen molar-refractivity contribution < 1.29 is 9.53 Å². The first-order valence-corrected chi connectivity index (χ1v) is 8.42. The number of aromatic nitrogens is 1. The lowest BCUT2D eigenvalue weighted by atomic mass is 10.2. The number of rotatable bonds is 7. The van der Waals surface area contributed by atoms with E-state index in [-0.39, 0.29) is 5.91 Å². The first-order valence-electron chi connectivity index (χ1n) is 8.04. The highest BCUT2D eigenvalue weighted by atomic mass is 35.5. The number of nitrogens with zero attached hydrogens (tertiary/aromatic N) is 3. The number of nitrogens with one attached hydrogen (secondary N) is 1. The van der Waals surface area contributed by atoms with E-state index < -0.39 is 0 Å². The minimum atomic E-state index is -0.0465. The Kier molecular flexibility index (Phi) is 7.23. The third-order valence-electron chi connectivity index (χ3n) is 3.94. The van der Waals surface area contributed by atoms with E-state index in [9.17, 15) is 4.79 Å². The molecule has 2 heterocycles. The average molecular weight is 341 g/mol. The summed E-state index contributed by atoms with van der Waals surface area (Å²) in [4.78, 5) is 20.8. The summed E-state index contributed by atoms with van der Waals surface area (Å²) in [5.41, 5.74) is 0. The summed E-state index contributed by atoms with van der Waals surface area (Å²) in [6, 6.07) is 3.84. The maximum atomic E-state index is 12.1. The molecule has 1 amide bonds. The molecule has 128 valence electrons. The zero-order valence-electron chi connectivity index (χ0n) is 13.8. The number of anilines is 1. The number of hydrogen-bond donors (Lipinski definition) is 1. The van der Waals surface area contributed by atoms with E-state index in [4.69, 9.17) is 16.3 Å². The second-order valence-electron chi connectivity index (χ2n) is 5.73. The van der Waals surface area contributed by atoms with E-state index in [1.54, 1.807) is 12.1 Å². The molecule has 1 aliphatic heterocycles. The van der Waals surface area contributed by atoms with Crippen LogP contribution in [-0.4, -0.2) is 72.7 Å². The Morgan fingerprint density at radius 1 is 1.48 bits per heavy atom. The molecule has 1 aliphatic rings. The maximum absolute atomic E-state index is 12.1. The molecule has 23 heavy (non-hydrogen) atoms. The fourth-order valence-electron chi connectivity index (χ4n) is 2.71. The fourth-order valence-corrected chi connectivity index (χ4v) is 2.82. The SMILES string of the molecule is CCOCCN1CCN(CC(=O)Nc2ccc(Cl)cn2)CC1C. The molecule has 1 fully saturated rings. The van der Waals surface area contributed by atoms with Gasteiger partial charge in [0.1, 0.15) is 5.82 Å². The maximum Gasteiger partial charge on any atom is 0.239 e. The smallest absolute Gasteiger partial charge is 0.239 e. The number of halogens is 1. The third kappa shape index (κ3) is 6.06. The van der Waals surface area contributed by atoms with E-state index in [2.05, 4.69) is 27.0 Å². The second-order valence-corrected chi connectivity index (χ2v) is 6.16. The minimum Gasteiger partial charge on any atom is -0.380 e. The van der Waals surface area contributed by atoms with Crippen LogP contribution >= 0.6 is 11.6 Å². The zero-order valence-corrected chi connectivity index (χ0v) is 14.6. The van der Waals surface area contributed by atoms with Crippen LogP contribution in [0.15, 0.2) is 18.3 Å². The number of amides is 1. The molecule has 0 spiro atoms. The van der Waals surface area contributed by atoms with Crippen LogP contribution < -0.4 is 5.32 Å². The molecule has 1 saturated heterocycles. The standard InChI is InChI=1S/C16H25ClN4O2/c1-3-23-9-8-21-7-6-20(11-13(21)2)12-16(22)19-15-5-4-14(17)10-18-15/h4-5,10,13H,3,6-9,11-12H2,1-2H3,(H,18,19,22). The minimum absolute atomic E-state index is 0.0465. The largest absolute Gasteiger partial charge is 0.380 e. The van der Waals surface area contributed by atoms with Gasteiger partial charge in [0.05, 0.1) is 18.2 Å². The van der Waals surface area contributed by atoms with E-state index in [1.807, 2.05) is 6.92 Å². The lowest BCUT2D eigenvalue weighted by Gasteiger charge is -2.39. The number of carbonyl (C=O) groups excluding carboxylic acids is 1. The molecule has 1 N–H and O–H groups in total.